The van der Waals surface area contributed by atoms with Crippen molar-refractivity contribution in [1.29, 1.82) is 0 Å². The number of ether oxygens (including phenoxy) is 2. The van der Waals surface area contributed by atoms with Crippen LogP contribution in [0.25, 0.3) is 0 Å². The minimum absolute atomic E-state index is 0.0461. The van der Waals surface area contributed by atoms with E-state index in [1.54, 1.807) is 24.1 Å². The number of hydrogen-bond acceptors (Lipinski definition) is 7. The lowest BCUT2D eigenvalue weighted by Gasteiger charge is -2.38. The molecule has 3 rings (SSSR count). The van der Waals surface area contributed by atoms with Crippen molar-refractivity contribution in [3.8, 4) is 17.7 Å². The minimum atomic E-state index is -0.777. The Morgan fingerprint density at radius 1 is 1.30 bits per heavy atom. The molecule has 1 saturated heterocycles. The van der Waals surface area contributed by atoms with E-state index in [0.29, 0.717) is 30.1 Å². The number of carbonyl (C=O) groups is 1. The summed E-state index contributed by atoms with van der Waals surface area (Å²) in [6.45, 7) is 9.16. The topological polar surface area (TPSA) is 95.4 Å². The number of rotatable bonds is 6. The molecule has 182 valence electrons. The maximum absolute atomic E-state index is 13.4. The summed E-state index contributed by atoms with van der Waals surface area (Å²) in [4.78, 5) is 21.8. The summed E-state index contributed by atoms with van der Waals surface area (Å²) in [5.74, 6) is 6.24. The van der Waals surface area contributed by atoms with Crippen molar-refractivity contribution in [2.75, 3.05) is 46.5 Å². The molecule has 2 N–H and O–H groups in total. The van der Waals surface area contributed by atoms with E-state index in [1.165, 1.54) is 0 Å². The molecule has 0 bridgehead atoms. The Morgan fingerprint density at radius 3 is 2.70 bits per heavy atom. The molecule has 8 nitrogen and oxygen atoms in total. The van der Waals surface area contributed by atoms with Crippen LogP contribution in [0.1, 0.15) is 49.5 Å². The van der Waals surface area contributed by atoms with Crippen LogP contribution in [0.15, 0.2) is 12.3 Å². The second-order valence-corrected chi connectivity index (χ2v) is 9.42. The van der Waals surface area contributed by atoms with Gasteiger partial charge in [-0.25, -0.2) is 4.98 Å². The monoisotopic (exact) mass is 459 g/mol. The fraction of sp³-hybridized carbons (Fsp3) is 0.680. The van der Waals surface area contributed by atoms with E-state index >= 15 is 0 Å². The predicted molar refractivity (Wildman–Crippen MR) is 125 cm³/mol. The van der Waals surface area contributed by atoms with Gasteiger partial charge in [-0.3, -0.25) is 4.79 Å². The maximum Gasteiger partial charge on any atom is 0.259 e. The number of nitrogens with zero attached hydrogens (tertiary/aromatic N) is 3. The highest BCUT2D eigenvalue weighted by atomic mass is 16.5. The zero-order valence-corrected chi connectivity index (χ0v) is 20.2. The van der Waals surface area contributed by atoms with Gasteiger partial charge in [0.2, 0.25) is 5.88 Å². The molecule has 0 aliphatic carbocycles. The summed E-state index contributed by atoms with van der Waals surface area (Å²) >= 11 is 0. The second kappa shape index (κ2) is 11.8. The maximum atomic E-state index is 13.4. The lowest BCUT2D eigenvalue weighted by Crippen LogP contribution is -2.50. The molecule has 0 spiro atoms. The zero-order valence-electron chi connectivity index (χ0n) is 20.2. The molecule has 4 atom stereocenters. The smallest absolute Gasteiger partial charge is 0.259 e. The Balaban J connectivity index is 1.86. The number of amides is 1. The zero-order chi connectivity index (χ0) is 24.0. The second-order valence-electron chi connectivity index (χ2n) is 9.42. The average molecular weight is 460 g/mol. The Hall–Kier alpha value is -2.18. The molecule has 8 heteroatoms. The molecule has 1 aromatic heterocycles. The van der Waals surface area contributed by atoms with Gasteiger partial charge in [0.15, 0.2) is 0 Å². The molecule has 1 fully saturated rings. The van der Waals surface area contributed by atoms with Gasteiger partial charge in [-0.15, -0.1) is 0 Å². The van der Waals surface area contributed by atoms with E-state index in [0.717, 1.165) is 32.6 Å². The highest BCUT2D eigenvalue weighted by Crippen LogP contribution is 2.27. The Kier molecular flexibility index (Phi) is 9.10. The third-order valence-corrected chi connectivity index (χ3v) is 6.35. The first-order valence-electron chi connectivity index (χ1n) is 11.8. The van der Waals surface area contributed by atoms with Gasteiger partial charge in [-0.2, -0.15) is 0 Å². The minimum Gasteiger partial charge on any atom is -0.472 e. The standard InChI is InChI=1S/C25H37N3O5/c1-17-13-28(18(2)16-29)25(31)22-11-21(6-5-19(3)30)12-26-24(22)33-23(17)15-27(4)14-20-7-9-32-10-8-20/h11-12,17-20,23,29-30H,7-10,13-16H2,1-4H3/t17-,18+,19-,23+/m0/s1. The summed E-state index contributed by atoms with van der Waals surface area (Å²) in [5, 5.41) is 19.3. The number of fused-ring (bicyclic) bond motifs is 1. The fourth-order valence-electron chi connectivity index (χ4n) is 4.33. The van der Waals surface area contributed by atoms with E-state index in [9.17, 15) is 15.0 Å². The summed E-state index contributed by atoms with van der Waals surface area (Å²) in [5.41, 5.74) is 0.863. The normalized spacial score (nSPS) is 23.6. The van der Waals surface area contributed by atoms with E-state index in [2.05, 4.69) is 35.7 Å². The van der Waals surface area contributed by atoms with Crippen LogP contribution >= 0.6 is 0 Å². The molecule has 3 heterocycles. The Labute approximate surface area is 196 Å². The van der Waals surface area contributed by atoms with Crippen molar-refractivity contribution in [2.24, 2.45) is 11.8 Å². The van der Waals surface area contributed by atoms with E-state index in [1.807, 2.05) is 6.92 Å². The first kappa shape index (κ1) is 25.4. The van der Waals surface area contributed by atoms with Gasteiger partial charge < -0.3 is 29.5 Å². The van der Waals surface area contributed by atoms with Gasteiger partial charge >= 0.3 is 0 Å². The van der Waals surface area contributed by atoms with Crippen LogP contribution in [0.4, 0.5) is 0 Å². The van der Waals surface area contributed by atoms with Crippen LogP contribution in [0.3, 0.4) is 0 Å². The van der Waals surface area contributed by atoms with Gasteiger partial charge in [0.1, 0.15) is 17.8 Å². The van der Waals surface area contributed by atoms with E-state index < -0.39 is 6.10 Å². The summed E-state index contributed by atoms with van der Waals surface area (Å²) < 4.78 is 11.8. The van der Waals surface area contributed by atoms with Crippen LogP contribution < -0.4 is 4.74 Å². The first-order chi connectivity index (χ1) is 15.8. The largest absolute Gasteiger partial charge is 0.472 e. The highest BCUT2D eigenvalue weighted by Gasteiger charge is 2.34. The molecule has 1 amide bonds. The molecule has 0 aromatic carbocycles. The van der Waals surface area contributed by atoms with Crippen LogP contribution in [0, 0.1) is 23.7 Å². The van der Waals surface area contributed by atoms with Crippen molar-refractivity contribution in [3.05, 3.63) is 23.4 Å². The lowest BCUT2D eigenvalue weighted by molar-refractivity contribution is 0.0254. The van der Waals surface area contributed by atoms with Crippen molar-refractivity contribution < 1.29 is 24.5 Å². The molecule has 0 unspecified atom stereocenters. The lowest BCUT2D eigenvalue weighted by atomic mass is 9.97. The molecular formula is C25H37N3O5. The van der Waals surface area contributed by atoms with Gasteiger partial charge in [-0.05, 0) is 45.7 Å². The van der Waals surface area contributed by atoms with Crippen molar-refractivity contribution >= 4 is 5.91 Å². The molecular weight excluding hydrogens is 422 g/mol. The number of aliphatic hydroxyl groups is 2. The van der Waals surface area contributed by atoms with Crippen molar-refractivity contribution in [3.63, 3.8) is 0 Å². The van der Waals surface area contributed by atoms with Crippen LogP contribution in [0.2, 0.25) is 0 Å². The van der Waals surface area contributed by atoms with Crippen LogP contribution in [-0.2, 0) is 4.74 Å². The SMILES string of the molecule is C[C@H](O)C#Cc1cnc2c(c1)C(=O)N([C@H](C)CO)C[C@H](C)[C@@H](CN(C)CC1CCOCC1)O2. The number of carbonyl (C=O) groups excluding carboxylic acids is 1. The quantitative estimate of drug-likeness (QED) is 0.621. The third-order valence-electron chi connectivity index (χ3n) is 6.35. The third kappa shape index (κ3) is 6.90. The average Bonchev–Trinajstić information content (AvgIpc) is 2.80. The van der Waals surface area contributed by atoms with Gasteiger partial charge in [0.05, 0.1) is 12.6 Å². The molecule has 0 saturated carbocycles. The summed E-state index contributed by atoms with van der Waals surface area (Å²) in [6, 6.07) is 1.33. The number of pyridine rings is 1. The number of hydrogen-bond donors (Lipinski definition) is 2. The van der Waals surface area contributed by atoms with Crippen LogP contribution in [-0.4, -0.2) is 95.7 Å². The number of likely N-dealkylation sites (N-methyl/N-ethyl adjacent to an activating group) is 1. The fourth-order valence-corrected chi connectivity index (χ4v) is 4.33. The highest BCUT2D eigenvalue weighted by molar-refractivity contribution is 5.97. The van der Waals surface area contributed by atoms with Crippen molar-refractivity contribution in [2.45, 2.75) is 51.9 Å². The number of aliphatic hydroxyl groups excluding tert-OH is 2. The number of aromatic nitrogens is 1. The van der Waals surface area contributed by atoms with Gasteiger partial charge in [0.25, 0.3) is 5.91 Å². The predicted octanol–water partition coefficient (Wildman–Crippen LogP) is 1.39. The van der Waals surface area contributed by atoms with Gasteiger partial charge in [-0.1, -0.05) is 18.8 Å². The van der Waals surface area contributed by atoms with E-state index in [-0.39, 0.29) is 36.5 Å². The molecule has 2 aliphatic rings. The molecule has 33 heavy (non-hydrogen) atoms. The summed E-state index contributed by atoms with van der Waals surface area (Å²) in [7, 11) is 2.10. The molecule has 0 radical (unpaired) electrons. The molecule has 2 aliphatic heterocycles. The Bertz CT molecular complexity index is 859. The van der Waals surface area contributed by atoms with E-state index in [4.69, 9.17) is 9.47 Å². The molecule has 1 aromatic rings. The van der Waals surface area contributed by atoms with Gasteiger partial charge in [0, 0.05) is 50.5 Å². The first-order valence-corrected chi connectivity index (χ1v) is 11.8. The van der Waals surface area contributed by atoms with Crippen molar-refractivity contribution in [1.82, 2.24) is 14.8 Å². The summed E-state index contributed by atoms with van der Waals surface area (Å²) in [6.07, 6.45) is 2.76. The Morgan fingerprint density at radius 2 is 2.03 bits per heavy atom. The van der Waals surface area contributed by atoms with Crippen LogP contribution in [0.5, 0.6) is 5.88 Å².